The molecule has 1 aromatic carbocycles. The van der Waals surface area contributed by atoms with Crippen molar-refractivity contribution in [2.45, 2.75) is 37.2 Å². The molecule has 0 saturated carbocycles. The van der Waals surface area contributed by atoms with Gasteiger partial charge < -0.3 is 9.64 Å². The minimum absolute atomic E-state index is 0.122. The van der Waals surface area contributed by atoms with E-state index in [1.54, 1.807) is 21.7 Å². The van der Waals surface area contributed by atoms with Gasteiger partial charge in [0.25, 0.3) is 5.91 Å². The lowest BCUT2D eigenvalue weighted by atomic mass is 10.1. The molecule has 1 fully saturated rings. The fourth-order valence-corrected chi connectivity index (χ4v) is 5.79. The van der Waals surface area contributed by atoms with Gasteiger partial charge in [-0.25, -0.2) is 8.42 Å². The average Bonchev–Trinajstić information content (AvgIpc) is 3.39. The Morgan fingerprint density at radius 2 is 1.79 bits per heavy atom. The van der Waals surface area contributed by atoms with Gasteiger partial charge >= 0.3 is 0 Å². The molecule has 0 atom stereocenters. The van der Waals surface area contributed by atoms with E-state index >= 15 is 0 Å². The van der Waals surface area contributed by atoms with Gasteiger partial charge in [0.15, 0.2) is 5.69 Å². The molecule has 3 aliphatic rings. The maximum Gasteiger partial charge on any atom is 0.274 e. The number of aryl methyl sites for hydroxylation is 2. The second-order valence-electron chi connectivity index (χ2n) is 7.77. The fraction of sp³-hybridized carbons (Fsp3) is 0.500. The third kappa shape index (κ3) is 3.37. The molecule has 9 heteroatoms. The summed E-state index contributed by atoms with van der Waals surface area (Å²) < 4.78 is 34.9. The molecule has 1 saturated heterocycles. The van der Waals surface area contributed by atoms with E-state index in [2.05, 4.69) is 5.10 Å². The topological polar surface area (TPSA) is 84.7 Å². The number of morpholine rings is 1. The van der Waals surface area contributed by atoms with Crippen LogP contribution in [0.25, 0.3) is 0 Å². The molecule has 0 radical (unpaired) electrons. The molecule has 2 aliphatic heterocycles. The number of sulfonamides is 1. The van der Waals surface area contributed by atoms with Crippen molar-refractivity contribution in [1.29, 1.82) is 0 Å². The van der Waals surface area contributed by atoms with Gasteiger partial charge in [0, 0.05) is 19.6 Å². The molecule has 154 valence electrons. The Morgan fingerprint density at radius 3 is 2.62 bits per heavy atom. The number of nitrogens with zero attached hydrogens (tertiary/aromatic N) is 4. The summed E-state index contributed by atoms with van der Waals surface area (Å²) in [7, 11) is -3.58. The molecule has 0 spiro atoms. The summed E-state index contributed by atoms with van der Waals surface area (Å²) in [5.74, 6) is -0.122. The number of rotatable bonds is 3. The van der Waals surface area contributed by atoms with E-state index < -0.39 is 10.0 Å². The van der Waals surface area contributed by atoms with Crippen molar-refractivity contribution < 1.29 is 17.9 Å². The van der Waals surface area contributed by atoms with Gasteiger partial charge in [-0.05, 0) is 48.6 Å². The predicted octanol–water partition coefficient (Wildman–Crippen LogP) is 1.05. The third-order valence-corrected chi connectivity index (χ3v) is 7.83. The smallest absolute Gasteiger partial charge is 0.274 e. The van der Waals surface area contributed by atoms with E-state index in [0.717, 1.165) is 30.5 Å². The highest BCUT2D eigenvalue weighted by Gasteiger charge is 2.31. The number of benzene rings is 1. The summed E-state index contributed by atoms with van der Waals surface area (Å²) in [6.07, 6.45) is 3.05. The van der Waals surface area contributed by atoms with Crippen LogP contribution in [0.15, 0.2) is 29.2 Å². The van der Waals surface area contributed by atoms with Crippen molar-refractivity contribution in [3.63, 3.8) is 0 Å². The number of ether oxygens (including phenoxy) is 1. The van der Waals surface area contributed by atoms with Crippen LogP contribution in [0.1, 0.15) is 33.7 Å². The highest BCUT2D eigenvalue weighted by Crippen LogP contribution is 2.28. The first-order valence-corrected chi connectivity index (χ1v) is 11.5. The van der Waals surface area contributed by atoms with Crippen LogP contribution in [0, 0.1) is 0 Å². The lowest BCUT2D eigenvalue weighted by molar-refractivity contribution is 0.0298. The molecule has 8 nitrogen and oxygen atoms in total. The molecular formula is C20H24N4O4S. The minimum atomic E-state index is -3.58. The highest BCUT2D eigenvalue weighted by molar-refractivity contribution is 7.89. The van der Waals surface area contributed by atoms with Gasteiger partial charge in [-0.2, -0.15) is 9.40 Å². The van der Waals surface area contributed by atoms with Crippen molar-refractivity contribution in [1.82, 2.24) is 19.0 Å². The van der Waals surface area contributed by atoms with Crippen molar-refractivity contribution in [3.8, 4) is 0 Å². The van der Waals surface area contributed by atoms with Crippen LogP contribution in [0.4, 0.5) is 0 Å². The summed E-state index contributed by atoms with van der Waals surface area (Å²) in [5, 5.41) is 4.43. The number of carbonyl (C=O) groups is 1. The number of fused-ring (bicyclic) bond motifs is 2. The van der Waals surface area contributed by atoms with E-state index in [4.69, 9.17) is 4.74 Å². The summed E-state index contributed by atoms with van der Waals surface area (Å²) in [4.78, 5) is 14.8. The average molecular weight is 417 g/mol. The molecule has 1 aromatic heterocycles. The SMILES string of the molecule is O=C(c1cc2n(n1)CCN(S(=O)(=O)c1ccc3c(c1)CCC3)C2)N1CCOCC1. The fourth-order valence-electron chi connectivity index (χ4n) is 4.34. The Bertz CT molecular complexity index is 1060. The van der Waals surface area contributed by atoms with Gasteiger partial charge in [0.1, 0.15) is 0 Å². The Hall–Kier alpha value is -2.23. The minimum Gasteiger partial charge on any atom is -0.378 e. The summed E-state index contributed by atoms with van der Waals surface area (Å²) >= 11 is 0. The zero-order valence-corrected chi connectivity index (χ0v) is 17.0. The molecule has 0 bridgehead atoms. The van der Waals surface area contributed by atoms with E-state index in [1.165, 1.54) is 9.87 Å². The molecule has 5 rings (SSSR count). The van der Waals surface area contributed by atoms with Gasteiger partial charge in [0.05, 0.1) is 36.9 Å². The van der Waals surface area contributed by atoms with Crippen molar-refractivity contribution in [2.24, 2.45) is 0 Å². The first-order chi connectivity index (χ1) is 14.0. The number of aromatic nitrogens is 2. The van der Waals surface area contributed by atoms with Gasteiger partial charge in [-0.1, -0.05) is 6.07 Å². The van der Waals surface area contributed by atoms with Crippen molar-refractivity contribution >= 4 is 15.9 Å². The van der Waals surface area contributed by atoms with Gasteiger partial charge in [0.2, 0.25) is 10.0 Å². The van der Waals surface area contributed by atoms with Crippen molar-refractivity contribution in [2.75, 3.05) is 32.8 Å². The molecular weight excluding hydrogens is 392 g/mol. The molecule has 3 heterocycles. The van der Waals surface area contributed by atoms with Crippen LogP contribution in [0.5, 0.6) is 0 Å². The van der Waals surface area contributed by atoms with Crippen LogP contribution in [-0.2, 0) is 40.7 Å². The molecule has 2 aromatic rings. The zero-order chi connectivity index (χ0) is 20.0. The van der Waals surface area contributed by atoms with E-state index in [0.29, 0.717) is 50.0 Å². The lowest BCUT2D eigenvalue weighted by Crippen LogP contribution is -2.41. The Labute approximate surface area is 170 Å². The maximum atomic E-state index is 13.2. The molecule has 1 aliphatic carbocycles. The standard InChI is InChI=1S/C20H24N4O4S/c25-20(22-8-10-28-11-9-22)19-13-17-14-23(6-7-24(17)21-19)29(26,27)18-5-4-15-2-1-3-16(15)12-18/h4-5,12-13H,1-3,6-11,14H2. The Balaban J connectivity index is 1.36. The predicted molar refractivity (Wildman–Crippen MR) is 105 cm³/mol. The Morgan fingerprint density at radius 1 is 1.00 bits per heavy atom. The van der Waals surface area contributed by atoms with Crippen molar-refractivity contribution in [3.05, 3.63) is 46.8 Å². The van der Waals surface area contributed by atoms with Gasteiger partial charge in [-0.3, -0.25) is 9.48 Å². The van der Waals surface area contributed by atoms with E-state index in [9.17, 15) is 13.2 Å². The summed E-state index contributed by atoms with van der Waals surface area (Å²) in [6, 6.07) is 7.22. The molecule has 29 heavy (non-hydrogen) atoms. The van der Waals surface area contributed by atoms with E-state index in [1.807, 2.05) is 12.1 Å². The molecule has 0 unspecified atom stereocenters. The normalized spacial score (nSPS) is 19.8. The highest BCUT2D eigenvalue weighted by atomic mass is 32.2. The Kier molecular flexibility index (Phi) is 4.68. The quantitative estimate of drug-likeness (QED) is 0.747. The maximum absolute atomic E-state index is 13.2. The summed E-state index contributed by atoms with van der Waals surface area (Å²) in [6.45, 7) is 3.19. The zero-order valence-electron chi connectivity index (χ0n) is 16.2. The third-order valence-electron chi connectivity index (χ3n) is 5.99. The number of hydrogen-bond donors (Lipinski definition) is 0. The largest absolute Gasteiger partial charge is 0.378 e. The van der Waals surface area contributed by atoms with Gasteiger partial charge in [-0.15, -0.1) is 0 Å². The van der Waals surface area contributed by atoms with Crippen LogP contribution in [0.2, 0.25) is 0 Å². The molecule has 0 N–H and O–H groups in total. The number of amides is 1. The molecule has 1 amide bonds. The van der Waals surface area contributed by atoms with E-state index in [-0.39, 0.29) is 12.5 Å². The number of hydrogen-bond acceptors (Lipinski definition) is 5. The van der Waals surface area contributed by atoms with Crippen LogP contribution in [0.3, 0.4) is 0 Å². The van der Waals surface area contributed by atoms with Crippen LogP contribution in [-0.4, -0.2) is 66.2 Å². The second-order valence-corrected chi connectivity index (χ2v) is 9.71. The first-order valence-electron chi connectivity index (χ1n) is 10.1. The number of carbonyl (C=O) groups excluding carboxylic acids is 1. The lowest BCUT2D eigenvalue weighted by Gasteiger charge is -2.27. The van der Waals surface area contributed by atoms with Crippen LogP contribution < -0.4 is 0 Å². The second kappa shape index (κ2) is 7.23. The van der Waals surface area contributed by atoms with Crippen LogP contribution >= 0.6 is 0 Å². The first kappa shape index (κ1) is 18.8. The summed E-state index contributed by atoms with van der Waals surface area (Å²) in [5.41, 5.74) is 3.52. The monoisotopic (exact) mass is 416 g/mol.